The van der Waals surface area contributed by atoms with Gasteiger partial charge in [-0.2, -0.15) is 0 Å². The predicted octanol–water partition coefficient (Wildman–Crippen LogP) is 3.49. The quantitative estimate of drug-likeness (QED) is 0.785. The van der Waals surface area contributed by atoms with E-state index in [1.807, 2.05) is 29.8 Å². The SMILES string of the molecule is Cn1c(-c2cccc(Cl)c2F)nc2ccc(CN)cc21. The van der Waals surface area contributed by atoms with Gasteiger partial charge in [-0.15, -0.1) is 0 Å². The molecular formula is C15H13ClFN3. The summed E-state index contributed by atoms with van der Waals surface area (Å²) in [5.41, 5.74) is 8.78. The van der Waals surface area contributed by atoms with Crippen LogP contribution in [0.1, 0.15) is 5.56 Å². The molecule has 20 heavy (non-hydrogen) atoms. The van der Waals surface area contributed by atoms with Crippen LogP contribution in [0.25, 0.3) is 22.4 Å². The van der Waals surface area contributed by atoms with Crippen LogP contribution in [0, 0.1) is 5.82 Å². The van der Waals surface area contributed by atoms with Gasteiger partial charge in [0.2, 0.25) is 0 Å². The van der Waals surface area contributed by atoms with E-state index in [0.717, 1.165) is 16.6 Å². The lowest BCUT2D eigenvalue weighted by atomic mass is 10.2. The van der Waals surface area contributed by atoms with Crippen LogP contribution in [0.15, 0.2) is 36.4 Å². The number of hydrogen-bond acceptors (Lipinski definition) is 2. The van der Waals surface area contributed by atoms with Crippen molar-refractivity contribution >= 4 is 22.6 Å². The highest BCUT2D eigenvalue weighted by Gasteiger charge is 2.15. The number of imidazole rings is 1. The highest BCUT2D eigenvalue weighted by Crippen LogP contribution is 2.29. The normalized spacial score (nSPS) is 11.2. The van der Waals surface area contributed by atoms with Crippen molar-refractivity contribution in [1.29, 1.82) is 0 Å². The van der Waals surface area contributed by atoms with E-state index in [2.05, 4.69) is 4.98 Å². The van der Waals surface area contributed by atoms with Crippen molar-refractivity contribution in [3.8, 4) is 11.4 Å². The Balaban J connectivity index is 2.27. The van der Waals surface area contributed by atoms with Gasteiger partial charge in [0.1, 0.15) is 5.82 Å². The lowest BCUT2D eigenvalue weighted by molar-refractivity contribution is 0.629. The second kappa shape index (κ2) is 4.89. The number of benzene rings is 2. The molecule has 3 nitrogen and oxygen atoms in total. The van der Waals surface area contributed by atoms with Crippen molar-refractivity contribution in [3.63, 3.8) is 0 Å². The summed E-state index contributed by atoms with van der Waals surface area (Å²) in [6, 6.07) is 10.7. The second-order valence-corrected chi connectivity index (χ2v) is 5.03. The maximum absolute atomic E-state index is 14.1. The summed E-state index contributed by atoms with van der Waals surface area (Å²) in [5.74, 6) is 0.0980. The van der Waals surface area contributed by atoms with Crippen LogP contribution in [0.5, 0.6) is 0 Å². The van der Waals surface area contributed by atoms with Crippen LogP contribution < -0.4 is 5.73 Å². The Morgan fingerprint density at radius 1 is 1.30 bits per heavy atom. The molecule has 0 saturated heterocycles. The molecule has 0 spiro atoms. The van der Waals surface area contributed by atoms with Gasteiger partial charge in [0.15, 0.2) is 5.82 Å². The highest BCUT2D eigenvalue weighted by atomic mass is 35.5. The average molecular weight is 290 g/mol. The Morgan fingerprint density at radius 2 is 2.10 bits per heavy atom. The third-order valence-electron chi connectivity index (χ3n) is 3.37. The summed E-state index contributed by atoms with van der Waals surface area (Å²) in [5, 5.41) is 0.0946. The van der Waals surface area contributed by atoms with Gasteiger partial charge in [-0.3, -0.25) is 0 Å². The van der Waals surface area contributed by atoms with Crippen LogP contribution in [0.3, 0.4) is 0 Å². The number of nitrogens with zero attached hydrogens (tertiary/aromatic N) is 2. The standard InChI is InChI=1S/C15H13ClFN3/c1-20-13-7-9(8-18)5-6-12(13)19-15(20)10-3-2-4-11(16)14(10)17/h2-7H,8,18H2,1H3. The van der Waals surface area contributed by atoms with Crippen molar-refractivity contribution in [3.05, 3.63) is 52.8 Å². The summed E-state index contributed by atoms with van der Waals surface area (Å²) >= 11 is 5.83. The zero-order valence-electron chi connectivity index (χ0n) is 10.9. The third kappa shape index (κ3) is 1.97. The Labute approximate surface area is 120 Å². The van der Waals surface area contributed by atoms with Gasteiger partial charge >= 0.3 is 0 Å². The minimum atomic E-state index is -0.452. The fraction of sp³-hybridized carbons (Fsp3) is 0.133. The molecule has 102 valence electrons. The van der Waals surface area contributed by atoms with Crippen molar-refractivity contribution in [2.45, 2.75) is 6.54 Å². The highest BCUT2D eigenvalue weighted by molar-refractivity contribution is 6.31. The first kappa shape index (κ1) is 13.1. The van der Waals surface area contributed by atoms with E-state index < -0.39 is 5.82 Å². The monoisotopic (exact) mass is 289 g/mol. The molecule has 0 aliphatic rings. The van der Waals surface area contributed by atoms with E-state index in [4.69, 9.17) is 17.3 Å². The van der Waals surface area contributed by atoms with Crippen molar-refractivity contribution in [2.75, 3.05) is 0 Å². The zero-order valence-corrected chi connectivity index (χ0v) is 11.7. The summed E-state index contributed by atoms with van der Waals surface area (Å²) in [6.45, 7) is 0.460. The molecule has 0 radical (unpaired) electrons. The molecule has 1 aromatic heterocycles. The molecule has 0 unspecified atom stereocenters. The lowest BCUT2D eigenvalue weighted by Crippen LogP contribution is -1.97. The third-order valence-corrected chi connectivity index (χ3v) is 3.67. The lowest BCUT2D eigenvalue weighted by Gasteiger charge is -2.05. The fourth-order valence-corrected chi connectivity index (χ4v) is 2.45. The maximum Gasteiger partial charge on any atom is 0.152 e. The van der Waals surface area contributed by atoms with E-state index >= 15 is 0 Å². The number of fused-ring (bicyclic) bond motifs is 1. The van der Waals surface area contributed by atoms with Crippen LogP contribution in [-0.2, 0) is 13.6 Å². The second-order valence-electron chi connectivity index (χ2n) is 4.62. The molecule has 1 heterocycles. The van der Waals surface area contributed by atoms with E-state index in [-0.39, 0.29) is 5.02 Å². The topological polar surface area (TPSA) is 43.8 Å². The van der Waals surface area contributed by atoms with Gasteiger partial charge < -0.3 is 10.3 Å². The summed E-state index contributed by atoms with van der Waals surface area (Å²) < 4.78 is 16.0. The predicted molar refractivity (Wildman–Crippen MR) is 79.0 cm³/mol. The first-order chi connectivity index (χ1) is 9.61. The first-order valence-corrected chi connectivity index (χ1v) is 6.59. The molecule has 0 fully saturated rings. The molecule has 3 aromatic rings. The molecular weight excluding hydrogens is 277 g/mol. The van der Waals surface area contributed by atoms with E-state index in [9.17, 15) is 4.39 Å². The van der Waals surface area contributed by atoms with Gasteiger partial charge in [0.05, 0.1) is 21.6 Å². The molecule has 2 aromatic carbocycles. The van der Waals surface area contributed by atoms with E-state index in [1.165, 1.54) is 6.07 Å². The Kier molecular flexibility index (Phi) is 3.20. The van der Waals surface area contributed by atoms with Crippen molar-refractivity contribution in [1.82, 2.24) is 9.55 Å². The van der Waals surface area contributed by atoms with Gasteiger partial charge in [0.25, 0.3) is 0 Å². The molecule has 0 bridgehead atoms. The number of rotatable bonds is 2. The van der Waals surface area contributed by atoms with Gasteiger partial charge in [-0.1, -0.05) is 23.7 Å². The van der Waals surface area contributed by atoms with Gasteiger partial charge in [-0.25, -0.2) is 9.37 Å². The first-order valence-electron chi connectivity index (χ1n) is 6.21. The molecule has 0 atom stereocenters. The minimum absolute atomic E-state index is 0.0946. The Bertz CT molecular complexity index is 795. The number of halogens is 2. The van der Waals surface area contributed by atoms with E-state index in [1.54, 1.807) is 12.1 Å². The molecule has 0 saturated carbocycles. The van der Waals surface area contributed by atoms with Crippen LogP contribution in [0.4, 0.5) is 4.39 Å². The van der Waals surface area contributed by atoms with E-state index in [0.29, 0.717) is 17.9 Å². The largest absolute Gasteiger partial charge is 0.327 e. The average Bonchev–Trinajstić information content (AvgIpc) is 2.78. The molecule has 5 heteroatoms. The molecule has 3 rings (SSSR count). The maximum atomic E-state index is 14.1. The molecule has 2 N–H and O–H groups in total. The number of aryl methyl sites for hydroxylation is 1. The van der Waals surface area contributed by atoms with Crippen molar-refractivity contribution < 1.29 is 4.39 Å². The molecule has 0 aliphatic heterocycles. The van der Waals surface area contributed by atoms with Crippen LogP contribution in [-0.4, -0.2) is 9.55 Å². The minimum Gasteiger partial charge on any atom is -0.327 e. The van der Waals surface area contributed by atoms with Crippen LogP contribution in [0.2, 0.25) is 5.02 Å². The summed E-state index contributed by atoms with van der Waals surface area (Å²) in [6.07, 6.45) is 0. The summed E-state index contributed by atoms with van der Waals surface area (Å²) in [4.78, 5) is 4.48. The zero-order chi connectivity index (χ0) is 14.3. The molecule has 0 amide bonds. The van der Waals surface area contributed by atoms with Crippen molar-refractivity contribution in [2.24, 2.45) is 12.8 Å². The summed E-state index contributed by atoms with van der Waals surface area (Å²) in [7, 11) is 1.85. The number of hydrogen-bond donors (Lipinski definition) is 1. The smallest absolute Gasteiger partial charge is 0.152 e. The number of aromatic nitrogens is 2. The number of nitrogens with two attached hydrogens (primary N) is 1. The van der Waals surface area contributed by atoms with Gasteiger partial charge in [-0.05, 0) is 29.8 Å². The Hall–Kier alpha value is -1.91. The molecule has 0 aliphatic carbocycles. The van der Waals surface area contributed by atoms with Crippen LogP contribution >= 0.6 is 11.6 Å². The Morgan fingerprint density at radius 3 is 2.85 bits per heavy atom. The van der Waals surface area contributed by atoms with Gasteiger partial charge in [0, 0.05) is 13.6 Å². The fourth-order valence-electron chi connectivity index (χ4n) is 2.28.